The van der Waals surface area contributed by atoms with Gasteiger partial charge in [0.05, 0.1) is 5.56 Å². The van der Waals surface area contributed by atoms with Crippen LogP contribution in [0.1, 0.15) is 29.6 Å². The highest BCUT2D eigenvalue weighted by atomic mass is 35.5. The Hall–Kier alpha value is -1.62. The van der Waals surface area contributed by atoms with Gasteiger partial charge in [0, 0.05) is 44.8 Å². The summed E-state index contributed by atoms with van der Waals surface area (Å²) in [6.45, 7) is 1.32. The standard InChI is InChI=1S/C13H14ClN3O2/c14-11-10(2-1-6-15-11)12(18)17-8-4-13(5-9-17)3-7-16-19-13/h1-2,6-7H,3-5,8-9H2. The lowest BCUT2D eigenvalue weighted by molar-refractivity contribution is -0.0568. The number of carbonyl (C=O) groups excluding carboxylic acids is 1. The number of hydrogen-bond acceptors (Lipinski definition) is 4. The Morgan fingerprint density at radius 3 is 2.84 bits per heavy atom. The molecule has 0 atom stereocenters. The van der Waals surface area contributed by atoms with Crippen molar-refractivity contribution in [3.05, 3.63) is 29.0 Å². The number of amides is 1. The van der Waals surface area contributed by atoms with Crippen LogP contribution < -0.4 is 0 Å². The summed E-state index contributed by atoms with van der Waals surface area (Å²) in [6, 6.07) is 3.43. The van der Waals surface area contributed by atoms with Gasteiger partial charge in [-0.1, -0.05) is 16.8 Å². The van der Waals surface area contributed by atoms with E-state index in [0.29, 0.717) is 18.7 Å². The average Bonchev–Trinajstić information content (AvgIpc) is 2.88. The van der Waals surface area contributed by atoms with Crippen molar-refractivity contribution >= 4 is 23.7 Å². The van der Waals surface area contributed by atoms with Gasteiger partial charge in [-0.25, -0.2) is 4.98 Å². The van der Waals surface area contributed by atoms with Gasteiger partial charge in [0.15, 0.2) is 0 Å². The Bertz CT molecular complexity index is 514. The van der Waals surface area contributed by atoms with Crippen molar-refractivity contribution in [2.24, 2.45) is 5.16 Å². The van der Waals surface area contributed by atoms with E-state index in [1.165, 1.54) is 0 Å². The van der Waals surface area contributed by atoms with Crippen molar-refractivity contribution < 1.29 is 9.63 Å². The van der Waals surface area contributed by atoms with Gasteiger partial charge in [0.1, 0.15) is 10.8 Å². The van der Waals surface area contributed by atoms with Crippen molar-refractivity contribution in [2.45, 2.75) is 24.9 Å². The third-order valence-corrected chi connectivity index (χ3v) is 4.04. The highest BCUT2D eigenvalue weighted by molar-refractivity contribution is 6.32. The second-order valence-electron chi connectivity index (χ2n) is 4.90. The monoisotopic (exact) mass is 279 g/mol. The van der Waals surface area contributed by atoms with Crippen LogP contribution in [-0.2, 0) is 4.84 Å². The molecule has 1 aromatic rings. The molecule has 1 aromatic heterocycles. The first-order chi connectivity index (χ1) is 9.20. The SMILES string of the molecule is O=C(c1cccnc1Cl)N1CCC2(CC=NO2)CC1. The number of nitrogens with zero attached hydrogens (tertiary/aromatic N) is 3. The first-order valence-corrected chi connectivity index (χ1v) is 6.68. The molecule has 1 amide bonds. The van der Waals surface area contributed by atoms with Crippen LogP contribution in [0, 0.1) is 0 Å². The highest BCUT2D eigenvalue weighted by Gasteiger charge is 2.40. The lowest BCUT2D eigenvalue weighted by Crippen LogP contribution is -2.46. The normalized spacial score (nSPS) is 20.6. The van der Waals surface area contributed by atoms with Gasteiger partial charge >= 0.3 is 0 Å². The second-order valence-corrected chi connectivity index (χ2v) is 5.26. The van der Waals surface area contributed by atoms with E-state index < -0.39 is 0 Å². The number of oxime groups is 1. The lowest BCUT2D eigenvalue weighted by Gasteiger charge is -2.37. The summed E-state index contributed by atoms with van der Waals surface area (Å²) in [7, 11) is 0. The number of aromatic nitrogens is 1. The van der Waals surface area contributed by atoms with Crippen LogP contribution in [0.25, 0.3) is 0 Å². The molecule has 1 saturated heterocycles. The minimum Gasteiger partial charge on any atom is -0.389 e. The van der Waals surface area contributed by atoms with E-state index in [1.807, 2.05) is 0 Å². The van der Waals surface area contributed by atoms with E-state index in [0.717, 1.165) is 19.3 Å². The third kappa shape index (κ3) is 2.30. The van der Waals surface area contributed by atoms with Crippen LogP contribution in [0.15, 0.2) is 23.5 Å². The Balaban J connectivity index is 1.68. The minimum absolute atomic E-state index is 0.0631. The quantitative estimate of drug-likeness (QED) is 0.740. The second kappa shape index (κ2) is 4.81. The van der Waals surface area contributed by atoms with E-state index in [9.17, 15) is 4.79 Å². The summed E-state index contributed by atoms with van der Waals surface area (Å²) < 4.78 is 0. The minimum atomic E-state index is -0.185. The highest BCUT2D eigenvalue weighted by Crippen LogP contribution is 2.33. The van der Waals surface area contributed by atoms with Crippen molar-refractivity contribution in [2.75, 3.05) is 13.1 Å². The largest absolute Gasteiger partial charge is 0.389 e. The van der Waals surface area contributed by atoms with Crippen molar-refractivity contribution in [1.82, 2.24) is 9.88 Å². The predicted octanol–water partition coefficient (Wildman–Crippen LogP) is 2.12. The molecule has 1 spiro atoms. The van der Waals surface area contributed by atoms with Crippen molar-refractivity contribution in [1.29, 1.82) is 0 Å². The van der Waals surface area contributed by atoms with Crippen LogP contribution in [0.4, 0.5) is 0 Å². The molecule has 0 aromatic carbocycles. The molecule has 0 aliphatic carbocycles. The van der Waals surface area contributed by atoms with Gasteiger partial charge in [0.25, 0.3) is 5.91 Å². The molecule has 2 aliphatic rings. The fourth-order valence-corrected chi connectivity index (χ4v) is 2.72. The molecule has 19 heavy (non-hydrogen) atoms. The van der Waals surface area contributed by atoms with Gasteiger partial charge < -0.3 is 9.74 Å². The van der Waals surface area contributed by atoms with Gasteiger partial charge in [-0.2, -0.15) is 0 Å². The topological polar surface area (TPSA) is 54.8 Å². The molecule has 0 unspecified atom stereocenters. The molecule has 100 valence electrons. The smallest absolute Gasteiger partial charge is 0.256 e. The molecule has 1 fully saturated rings. The van der Waals surface area contributed by atoms with E-state index in [2.05, 4.69) is 10.1 Å². The van der Waals surface area contributed by atoms with Crippen LogP contribution in [0.5, 0.6) is 0 Å². The molecular weight excluding hydrogens is 266 g/mol. The molecule has 6 heteroatoms. The molecule has 2 aliphatic heterocycles. The van der Waals surface area contributed by atoms with Crippen LogP contribution in [0.3, 0.4) is 0 Å². The number of halogens is 1. The summed E-state index contributed by atoms with van der Waals surface area (Å²) in [4.78, 5) is 23.5. The van der Waals surface area contributed by atoms with Gasteiger partial charge in [0.2, 0.25) is 0 Å². The first kappa shape index (κ1) is 12.4. The Kier molecular flexibility index (Phi) is 3.14. The summed E-state index contributed by atoms with van der Waals surface area (Å²) in [6.07, 6.45) is 5.82. The van der Waals surface area contributed by atoms with Crippen molar-refractivity contribution in [3.63, 3.8) is 0 Å². The summed E-state index contributed by atoms with van der Waals surface area (Å²) in [5.74, 6) is -0.0631. The van der Waals surface area contributed by atoms with E-state index >= 15 is 0 Å². The number of rotatable bonds is 1. The zero-order valence-corrected chi connectivity index (χ0v) is 11.1. The zero-order valence-electron chi connectivity index (χ0n) is 10.4. The van der Waals surface area contributed by atoms with Gasteiger partial charge in [-0.05, 0) is 12.1 Å². The number of likely N-dealkylation sites (tertiary alicyclic amines) is 1. The molecule has 0 bridgehead atoms. The van der Waals surface area contributed by atoms with E-state index in [1.54, 1.807) is 29.4 Å². The third-order valence-electron chi connectivity index (χ3n) is 3.74. The molecule has 0 radical (unpaired) electrons. The molecule has 3 rings (SSSR count). The zero-order chi connectivity index (χ0) is 13.3. The van der Waals surface area contributed by atoms with Gasteiger partial charge in [-0.3, -0.25) is 4.79 Å². The number of carbonyl (C=O) groups is 1. The maximum Gasteiger partial charge on any atom is 0.256 e. The van der Waals surface area contributed by atoms with Gasteiger partial charge in [-0.15, -0.1) is 0 Å². The van der Waals surface area contributed by atoms with Crippen LogP contribution in [-0.4, -0.2) is 40.7 Å². The summed E-state index contributed by atoms with van der Waals surface area (Å²) in [5.41, 5.74) is 0.277. The Morgan fingerprint density at radius 2 is 2.21 bits per heavy atom. The van der Waals surface area contributed by atoms with E-state index in [-0.39, 0.29) is 16.7 Å². The van der Waals surface area contributed by atoms with E-state index in [4.69, 9.17) is 16.4 Å². The number of pyridine rings is 1. The molecule has 3 heterocycles. The molecule has 0 saturated carbocycles. The Labute approximate surface area is 116 Å². The number of piperidine rings is 1. The maximum absolute atomic E-state index is 12.4. The summed E-state index contributed by atoms with van der Waals surface area (Å²) in [5, 5.41) is 4.10. The molecular formula is C13H14ClN3O2. The predicted molar refractivity (Wildman–Crippen MR) is 71.3 cm³/mol. The fraction of sp³-hybridized carbons (Fsp3) is 0.462. The Morgan fingerprint density at radius 1 is 1.42 bits per heavy atom. The van der Waals surface area contributed by atoms with Crippen LogP contribution in [0.2, 0.25) is 5.15 Å². The maximum atomic E-state index is 12.4. The fourth-order valence-electron chi connectivity index (χ4n) is 2.52. The molecule has 5 nitrogen and oxygen atoms in total. The van der Waals surface area contributed by atoms with Crippen LogP contribution >= 0.6 is 11.6 Å². The summed E-state index contributed by atoms with van der Waals surface area (Å²) >= 11 is 5.96. The molecule has 0 N–H and O–H groups in total. The lowest BCUT2D eigenvalue weighted by atomic mass is 9.89. The average molecular weight is 280 g/mol. The van der Waals surface area contributed by atoms with Crippen molar-refractivity contribution in [3.8, 4) is 0 Å². The number of hydrogen-bond donors (Lipinski definition) is 0. The first-order valence-electron chi connectivity index (χ1n) is 6.30.